The first-order valence-corrected chi connectivity index (χ1v) is 9.42. The predicted molar refractivity (Wildman–Crippen MR) is 105 cm³/mol. The number of halogens is 1. The van der Waals surface area contributed by atoms with Crippen molar-refractivity contribution in [2.45, 2.75) is 57.6 Å². The van der Waals surface area contributed by atoms with Crippen molar-refractivity contribution in [1.82, 2.24) is 5.32 Å². The van der Waals surface area contributed by atoms with Gasteiger partial charge in [-0.1, -0.05) is 41.9 Å². The Morgan fingerprint density at radius 3 is 2.69 bits per heavy atom. The summed E-state index contributed by atoms with van der Waals surface area (Å²) in [5.74, 6) is 0.185. The van der Waals surface area contributed by atoms with E-state index in [0.29, 0.717) is 0 Å². The van der Waals surface area contributed by atoms with Gasteiger partial charge in [-0.2, -0.15) is 0 Å². The average Bonchev–Trinajstić information content (AvgIpc) is 2.57. The van der Waals surface area contributed by atoms with Gasteiger partial charge in [0, 0.05) is 17.0 Å². The third-order valence-electron chi connectivity index (χ3n) is 4.67. The zero-order valence-electron chi connectivity index (χ0n) is 15.5. The molecule has 0 saturated carbocycles. The molecule has 2 aromatic rings. The number of aryl methyl sites for hydroxylation is 1. The standard InChI is InChI=1S/C22H25ClNO2/c1-22(2,3)26-21(25)24-20-13-10-16-6-4-5-7-18(16)19(20)14-15-8-11-17(23)12-9-15/h4,6-9,11-12,19-20H,10,13-14H2,1-3H3,(H,24,25). The van der Waals surface area contributed by atoms with Crippen molar-refractivity contribution < 1.29 is 9.53 Å². The number of alkyl carbamates (subject to hydrolysis) is 1. The molecule has 1 N–H and O–H groups in total. The summed E-state index contributed by atoms with van der Waals surface area (Å²) in [7, 11) is 0. The molecule has 0 heterocycles. The first-order valence-electron chi connectivity index (χ1n) is 9.05. The summed E-state index contributed by atoms with van der Waals surface area (Å²) >= 11 is 6.02. The van der Waals surface area contributed by atoms with E-state index in [0.717, 1.165) is 24.3 Å². The average molecular weight is 371 g/mol. The molecule has 1 aliphatic rings. The fourth-order valence-electron chi connectivity index (χ4n) is 3.54. The van der Waals surface area contributed by atoms with E-state index in [2.05, 4.69) is 23.5 Å². The summed E-state index contributed by atoms with van der Waals surface area (Å²) in [6, 6.07) is 17.3. The summed E-state index contributed by atoms with van der Waals surface area (Å²) in [5, 5.41) is 3.83. The molecule has 0 spiro atoms. The Morgan fingerprint density at radius 2 is 2.00 bits per heavy atom. The molecule has 1 amide bonds. The highest BCUT2D eigenvalue weighted by Gasteiger charge is 2.31. The van der Waals surface area contributed by atoms with Gasteiger partial charge in [-0.05, 0) is 74.9 Å². The molecule has 1 radical (unpaired) electrons. The Kier molecular flexibility index (Phi) is 5.57. The second kappa shape index (κ2) is 7.71. The van der Waals surface area contributed by atoms with Crippen LogP contribution in [0.2, 0.25) is 5.02 Å². The molecule has 1 aliphatic carbocycles. The Hall–Kier alpha value is -2.00. The quantitative estimate of drug-likeness (QED) is 0.795. The number of fused-ring (bicyclic) bond motifs is 1. The number of carbonyl (C=O) groups excluding carboxylic acids is 1. The fraction of sp³-hybridized carbons (Fsp3) is 0.409. The number of benzene rings is 2. The second-order valence-electron chi connectivity index (χ2n) is 7.85. The summed E-state index contributed by atoms with van der Waals surface area (Å²) < 4.78 is 5.47. The molecule has 137 valence electrons. The minimum atomic E-state index is -0.504. The third kappa shape index (κ3) is 4.79. The van der Waals surface area contributed by atoms with Crippen molar-refractivity contribution >= 4 is 17.7 Å². The minimum Gasteiger partial charge on any atom is -0.444 e. The van der Waals surface area contributed by atoms with Crippen LogP contribution in [-0.4, -0.2) is 17.7 Å². The normalized spacial score (nSPS) is 19.5. The molecule has 2 atom stereocenters. The number of amides is 1. The van der Waals surface area contributed by atoms with Crippen LogP contribution in [0.25, 0.3) is 0 Å². The molecule has 2 unspecified atom stereocenters. The van der Waals surface area contributed by atoms with Gasteiger partial charge >= 0.3 is 6.09 Å². The molecule has 2 aromatic carbocycles. The predicted octanol–water partition coefficient (Wildman–Crippen LogP) is 5.31. The second-order valence-corrected chi connectivity index (χ2v) is 8.29. The van der Waals surface area contributed by atoms with Crippen LogP contribution in [0.5, 0.6) is 0 Å². The summed E-state index contributed by atoms with van der Waals surface area (Å²) in [5.41, 5.74) is 3.29. The highest BCUT2D eigenvalue weighted by Crippen LogP contribution is 2.34. The molecule has 3 nitrogen and oxygen atoms in total. The molecule has 4 heteroatoms. The highest BCUT2D eigenvalue weighted by molar-refractivity contribution is 6.30. The van der Waals surface area contributed by atoms with E-state index in [1.54, 1.807) is 0 Å². The number of carbonyl (C=O) groups is 1. The van der Waals surface area contributed by atoms with Crippen molar-refractivity contribution in [3.63, 3.8) is 0 Å². The molecule has 3 rings (SSSR count). The summed E-state index contributed by atoms with van der Waals surface area (Å²) in [6.45, 7) is 5.63. The molecule has 26 heavy (non-hydrogen) atoms. The fourth-order valence-corrected chi connectivity index (χ4v) is 3.66. The van der Waals surface area contributed by atoms with Gasteiger partial charge in [0.1, 0.15) is 5.60 Å². The number of nitrogens with one attached hydrogen (secondary N) is 1. The van der Waals surface area contributed by atoms with E-state index in [1.165, 1.54) is 16.7 Å². The van der Waals surface area contributed by atoms with Gasteiger partial charge in [0.25, 0.3) is 0 Å². The Balaban J connectivity index is 1.83. The van der Waals surface area contributed by atoms with E-state index in [-0.39, 0.29) is 18.1 Å². The van der Waals surface area contributed by atoms with E-state index >= 15 is 0 Å². The molecular formula is C22H25ClNO2. The summed E-state index contributed by atoms with van der Waals surface area (Å²) in [4.78, 5) is 12.3. The van der Waals surface area contributed by atoms with E-state index in [9.17, 15) is 4.79 Å². The van der Waals surface area contributed by atoms with Crippen molar-refractivity contribution in [2.24, 2.45) is 0 Å². The number of ether oxygens (including phenoxy) is 1. The molecule has 0 aromatic heterocycles. The first-order chi connectivity index (χ1) is 12.3. The third-order valence-corrected chi connectivity index (χ3v) is 4.92. The van der Waals surface area contributed by atoms with Crippen LogP contribution in [0.3, 0.4) is 0 Å². The van der Waals surface area contributed by atoms with Gasteiger partial charge in [0.15, 0.2) is 0 Å². The van der Waals surface area contributed by atoms with Crippen LogP contribution in [0.15, 0.2) is 42.5 Å². The first kappa shape index (κ1) is 18.8. The van der Waals surface area contributed by atoms with Crippen LogP contribution >= 0.6 is 11.6 Å². The van der Waals surface area contributed by atoms with Crippen LogP contribution in [0.1, 0.15) is 49.8 Å². The van der Waals surface area contributed by atoms with E-state index < -0.39 is 5.60 Å². The number of hydrogen-bond acceptors (Lipinski definition) is 2. The van der Waals surface area contributed by atoms with Gasteiger partial charge in [0.2, 0.25) is 0 Å². The zero-order valence-corrected chi connectivity index (χ0v) is 16.3. The van der Waals surface area contributed by atoms with Crippen LogP contribution in [-0.2, 0) is 17.6 Å². The molecule has 0 bridgehead atoms. The maximum Gasteiger partial charge on any atom is 0.407 e. The lowest BCUT2D eigenvalue weighted by Crippen LogP contribution is -2.44. The van der Waals surface area contributed by atoms with Crippen molar-refractivity contribution in [1.29, 1.82) is 0 Å². The van der Waals surface area contributed by atoms with Gasteiger partial charge in [-0.3, -0.25) is 0 Å². The maximum absolute atomic E-state index is 12.3. The molecule has 0 aliphatic heterocycles. The summed E-state index contributed by atoms with van der Waals surface area (Å²) in [6.07, 6.45) is 2.32. The lowest BCUT2D eigenvalue weighted by Gasteiger charge is -2.35. The van der Waals surface area contributed by atoms with Crippen LogP contribution < -0.4 is 5.32 Å². The van der Waals surface area contributed by atoms with Crippen molar-refractivity contribution in [3.8, 4) is 0 Å². The lowest BCUT2D eigenvalue weighted by molar-refractivity contribution is 0.0491. The number of hydrogen-bond donors (Lipinski definition) is 1. The van der Waals surface area contributed by atoms with Crippen molar-refractivity contribution in [3.05, 3.63) is 70.2 Å². The van der Waals surface area contributed by atoms with Crippen LogP contribution in [0, 0.1) is 6.07 Å². The Morgan fingerprint density at radius 1 is 1.27 bits per heavy atom. The van der Waals surface area contributed by atoms with Gasteiger partial charge in [0.05, 0.1) is 0 Å². The van der Waals surface area contributed by atoms with E-state index in [1.807, 2.05) is 51.1 Å². The van der Waals surface area contributed by atoms with Crippen molar-refractivity contribution in [2.75, 3.05) is 0 Å². The minimum absolute atomic E-state index is 0.0313. The smallest absolute Gasteiger partial charge is 0.407 e. The van der Waals surface area contributed by atoms with E-state index in [4.69, 9.17) is 16.3 Å². The van der Waals surface area contributed by atoms with Gasteiger partial charge < -0.3 is 10.1 Å². The van der Waals surface area contributed by atoms with Gasteiger partial charge in [-0.25, -0.2) is 4.79 Å². The molecule has 0 saturated heterocycles. The topological polar surface area (TPSA) is 38.3 Å². The monoisotopic (exact) mass is 370 g/mol. The largest absolute Gasteiger partial charge is 0.444 e. The van der Waals surface area contributed by atoms with Crippen LogP contribution in [0.4, 0.5) is 4.79 Å². The Bertz CT molecular complexity index is 764. The molecule has 0 fully saturated rings. The maximum atomic E-state index is 12.3. The van der Waals surface area contributed by atoms with Gasteiger partial charge in [-0.15, -0.1) is 0 Å². The lowest BCUT2D eigenvalue weighted by atomic mass is 9.76. The Labute approximate surface area is 160 Å². The number of rotatable bonds is 3. The SMILES string of the molecule is CC(C)(C)OC(=O)NC1CCc2cc[c]cc2C1Cc1ccc(Cl)cc1. The molecular weight excluding hydrogens is 346 g/mol. The zero-order chi connectivity index (χ0) is 18.7. The highest BCUT2D eigenvalue weighted by atomic mass is 35.5.